The fourth-order valence-corrected chi connectivity index (χ4v) is 4.32. The molecule has 0 spiro atoms. The quantitative estimate of drug-likeness (QED) is 0.671. The lowest BCUT2D eigenvalue weighted by Gasteiger charge is -2.29. The number of cyclic esters (lactones) is 1. The van der Waals surface area contributed by atoms with Gasteiger partial charge in [0.2, 0.25) is 5.91 Å². The molecule has 1 saturated heterocycles. The molecule has 0 radical (unpaired) electrons. The summed E-state index contributed by atoms with van der Waals surface area (Å²) in [6.07, 6.45) is 3.81. The summed E-state index contributed by atoms with van der Waals surface area (Å²) in [4.78, 5) is 39.6. The maximum atomic E-state index is 13.5. The molecule has 1 aliphatic heterocycles. The van der Waals surface area contributed by atoms with E-state index in [-0.39, 0.29) is 30.9 Å². The minimum absolute atomic E-state index is 0.00259. The zero-order valence-electron chi connectivity index (χ0n) is 17.6. The van der Waals surface area contributed by atoms with Crippen molar-refractivity contribution in [3.05, 3.63) is 35.9 Å². The highest BCUT2D eigenvalue weighted by molar-refractivity contribution is 5.96. The van der Waals surface area contributed by atoms with Crippen LogP contribution in [0.4, 0.5) is 4.79 Å². The van der Waals surface area contributed by atoms with Crippen molar-refractivity contribution in [3.8, 4) is 0 Å². The van der Waals surface area contributed by atoms with Gasteiger partial charge in [-0.05, 0) is 51.5 Å². The first-order chi connectivity index (χ1) is 13.7. The molecule has 2 atom stereocenters. The SMILES string of the molecule is CC(C)(C)OC(=O)C[C@@H](C(=O)N1C(=O)OC[C@H]1Cc1ccccc1)C1CCCC1. The first kappa shape index (κ1) is 21.3. The fourth-order valence-electron chi connectivity index (χ4n) is 4.32. The number of nitrogens with zero attached hydrogens (tertiary/aromatic N) is 1. The normalized spacial score (nSPS) is 21.1. The Hall–Kier alpha value is -2.37. The average Bonchev–Trinajstić information content (AvgIpc) is 3.29. The van der Waals surface area contributed by atoms with E-state index in [1.165, 1.54) is 4.90 Å². The van der Waals surface area contributed by atoms with Crippen LogP contribution in [-0.4, -0.2) is 41.1 Å². The molecule has 0 N–H and O–H groups in total. The van der Waals surface area contributed by atoms with Gasteiger partial charge in [0.25, 0.3) is 0 Å². The number of rotatable bonds is 6. The predicted molar refractivity (Wildman–Crippen MR) is 108 cm³/mol. The highest BCUT2D eigenvalue weighted by atomic mass is 16.6. The number of benzene rings is 1. The number of hydrogen-bond donors (Lipinski definition) is 0. The molecule has 1 aromatic carbocycles. The van der Waals surface area contributed by atoms with Gasteiger partial charge in [0, 0.05) is 0 Å². The molecule has 0 aromatic heterocycles. The molecule has 1 saturated carbocycles. The molecule has 6 nitrogen and oxygen atoms in total. The van der Waals surface area contributed by atoms with Crippen LogP contribution in [0.1, 0.15) is 58.4 Å². The Bertz CT molecular complexity index is 733. The van der Waals surface area contributed by atoms with E-state index in [1.54, 1.807) is 0 Å². The molecule has 3 rings (SSSR count). The molecule has 1 aromatic rings. The summed E-state index contributed by atoms with van der Waals surface area (Å²) in [5.74, 6) is -1.14. The second-order valence-electron chi connectivity index (χ2n) is 9.07. The number of imide groups is 1. The van der Waals surface area contributed by atoms with Crippen molar-refractivity contribution in [2.45, 2.75) is 70.9 Å². The molecule has 29 heavy (non-hydrogen) atoms. The molecule has 0 unspecified atom stereocenters. The van der Waals surface area contributed by atoms with Crippen LogP contribution in [-0.2, 0) is 25.5 Å². The maximum absolute atomic E-state index is 13.5. The van der Waals surface area contributed by atoms with Gasteiger partial charge in [-0.1, -0.05) is 43.2 Å². The standard InChI is InChI=1S/C23H31NO5/c1-23(2,3)29-20(25)14-19(17-11-7-8-12-17)21(26)24-18(15-28-22(24)27)13-16-9-5-4-6-10-16/h4-6,9-10,17-19H,7-8,11-15H2,1-3H3/t18-,19-/m1/s1. The molecule has 1 aliphatic carbocycles. The van der Waals surface area contributed by atoms with Crippen LogP contribution < -0.4 is 0 Å². The van der Waals surface area contributed by atoms with Crippen LogP contribution in [0.2, 0.25) is 0 Å². The van der Waals surface area contributed by atoms with Crippen molar-refractivity contribution in [2.75, 3.05) is 6.61 Å². The van der Waals surface area contributed by atoms with Crippen LogP contribution in [0.3, 0.4) is 0 Å². The first-order valence-electron chi connectivity index (χ1n) is 10.5. The number of hydrogen-bond acceptors (Lipinski definition) is 5. The van der Waals surface area contributed by atoms with E-state index in [0.29, 0.717) is 6.42 Å². The Morgan fingerprint density at radius 3 is 2.45 bits per heavy atom. The second-order valence-corrected chi connectivity index (χ2v) is 9.07. The smallest absolute Gasteiger partial charge is 0.416 e. The summed E-state index contributed by atoms with van der Waals surface area (Å²) in [6.45, 7) is 5.62. The van der Waals surface area contributed by atoms with Gasteiger partial charge in [-0.2, -0.15) is 0 Å². The van der Waals surface area contributed by atoms with Gasteiger partial charge in [0.05, 0.1) is 18.4 Å². The highest BCUT2D eigenvalue weighted by Crippen LogP contribution is 2.36. The Balaban J connectivity index is 1.77. The van der Waals surface area contributed by atoms with Crippen molar-refractivity contribution < 1.29 is 23.9 Å². The van der Waals surface area contributed by atoms with Gasteiger partial charge >= 0.3 is 12.1 Å². The molecule has 1 heterocycles. The van der Waals surface area contributed by atoms with Crippen molar-refractivity contribution in [1.29, 1.82) is 0 Å². The number of ether oxygens (including phenoxy) is 2. The van der Waals surface area contributed by atoms with Crippen molar-refractivity contribution in [3.63, 3.8) is 0 Å². The zero-order valence-corrected chi connectivity index (χ0v) is 17.6. The molecule has 6 heteroatoms. The van der Waals surface area contributed by atoms with E-state index in [9.17, 15) is 14.4 Å². The van der Waals surface area contributed by atoms with Gasteiger partial charge in [-0.15, -0.1) is 0 Å². The van der Waals surface area contributed by atoms with Crippen LogP contribution >= 0.6 is 0 Å². The number of carbonyl (C=O) groups is 3. The number of amides is 2. The van der Waals surface area contributed by atoms with Gasteiger partial charge < -0.3 is 9.47 Å². The Morgan fingerprint density at radius 2 is 1.83 bits per heavy atom. The summed E-state index contributed by atoms with van der Waals surface area (Å²) in [7, 11) is 0. The number of carbonyl (C=O) groups excluding carboxylic acids is 3. The third-order valence-corrected chi connectivity index (χ3v) is 5.61. The van der Waals surface area contributed by atoms with Crippen molar-refractivity contribution >= 4 is 18.0 Å². The third-order valence-electron chi connectivity index (χ3n) is 5.61. The molecule has 2 amide bonds. The topological polar surface area (TPSA) is 72.9 Å². The van der Waals surface area contributed by atoms with E-state index in [0.717, 1.165) is 31.2 Å². The van der Waals surface area contributed by atoms with E-state index in [4.69, 9.17) is 9.47 Å². The highest BCUT2D eigenvalue weighted by Gasteiger charge is 2.44. The molecule has 2 aliphatic rings. The van der Waals surface area contributed by atoms with Crippen LogP contribution in [0, 0.1) is 11.8 Å². The van der Waals surface area contributed by atoms with Crippen molar-refractivity contribution in [1.82, 2.24) is 4.90 Å². The summed E-state index contributed by atoms with van der Waals surface area (Å²) in [5, 5.41) is 0. The Kier molecular flexibility index (Phi) is 6.60. The first-order valence-corrected chi connectivity index (χ1v) is 10.5. The van der Waals surface area contributed by atoms with Gasteiger partial charge in [0.1, 0.15) is 12.2 Å². The lowest BCUT2D eigenvalue weighted by molar-refractivity contribution is -0.159. The summed E-state index contributed by atoms with van der Waals surface area (Å²) < 4.78 is 10.7. The van der Waals surface area contributed by atoms with Gasteiger partial charge in [-0.3, -0.25) is 9.59 Å². The van der Waals surface area contributed by atoms with E-state index < -0.39 is 23.6 Å². The monoisotopic (exact) mass is 401 g/mol. The summed E-state index contributed by atoms with van der Waals surface area (Å²) >= 11 is 0. The summed E-state index contributed by atoms with van der Waals surface area (Å²) in [6, 6.07) is 9.40. The second kappa shape index (κ2) is 8.97. The fraction of sp³-hybridized carbons (Fsp3) is 0.609. The van der Waals surface area contributed by atoms with E-state index >= 15 is 0 Å². The average molecular weight is 402 g/mol. The van der Waals surface area contributed by atoms with Gasteiger partial charge in [-0.25, -0.2) is 9.69 Å². The minimum atomic E-state index is -0.608. The minimum Gasteiger partial charge on any atom is -0.460 e. The Labute approximate surface area is 172 Å². The predicted octanol–water partition coefficient (Wildman–Crippen LogP) is 4.11. The van der Waals surface area contributed by atoms with Crippen molar-refractivity contribution in [2.24, 2.45) is 11.8 Å². The van der Waals surface area contributed by atoms with E-state index in [1.807, 2.05) is 51.1 Å². The summed E-state index contributed by atoms with van der Waals surface area (Å²) in [5.41, 5.74) is 0.432. The number of esters is 1. The van der Waals surface area contributed by atoms with Crippen LogP contribution in [0.25, 0.3) is 0 Å². The molecule has 158 valence electrons. The molecule has 2 fully saturated rings. The molecular formula is C23H31NO5. The maximum Gasteiger partial charge on any atom is 0.416 e. The third kappa shape index (κ3) is 5.58. The van der Waals surface area contributed by atoms with E-state index in [2.05, 4.69) is 0 Å². The molecular weight excluding hydrogens is 370 g/mol. The largest absolute Gasteiger partial charge is 0.460 e. The lowest BCUT2D eigenvalue weighted by Crippen LogP contribution is -2.46. The van der Waals surface area contributed by atoms with Crippen LogP contribution in [0.15, 0.2) is 30.3 Å². The van der Waals surface area contributed by atoms with Gasteiger partial charge in [0.15, 0.2) is 0 Å². The zero-order chi connectivity index (χ0) is 21.0. The lowest BCUT2D eigenvalue weighted by atomic mass is 9.86. The Morgan fingerprint density at radius 1 is 1.17 bits per heavy atom. The van der Waals surface area contributed by atoms with Crippen LogP contribution in [0.5, 0.6) is 0 Å². The molecule has 0 bridgehead atoms.